The molecule has 3 heterocycles. The summed E-state index contributed by atoms with van der Waals surface area (Å²) in [5.41, 5.74) is 10.1. The van der Waals surface area contributed by atoms with Gasteiger partial charge in [0.05, 0.1) is 36.0 Å². The lowest BCUT2D eigenvalue weighted by molar-refractivity contribution is 0.0945. The third kappa shape index (κ3) is 5.29. The minimum Gasteiger partial charge on any atom is -0.442 e. The Hall–Kier alpha value is -3.65. The van der Waals surface area contributed by atoms with Crippen molar-refractivity contribution in [1.29, 1.82) is 0 Å². The van der Waals surface area contributed by atoms with E-state index in [1.54, 1.807) is 18.6 Å². The monoisotopic (exact) mass is 416 g/mol. The first kappa shape index (κ1) is 20.6. The van der Waals surface area contributed by atoms with Gasteiger partial charge in [-0.2, -0.15) is 0 Å². The second-order valence-corrected chi connectivity index (χ2v) is 7.32. The molecule has 0 bridgehead atoms. The van der Waals surface area contributed by atoms with Crippen LogP contribution in [0, 0.1) is 0 Å². The predicted molar refractivity (Wildman–Crippen MR) is 116 cm³/mol. The minimum atomic E-state index is -0.171. The third-order valence-electron chi connectivity index (χ3n) is 5.09. The third-order valence-corrected chi connectivity index (χ3v) is 5.09. The molecule has 0 amide bonds. The van der Waals surface area contributed by atoms with E-state index in [-0.39, 0.29) is 17.7 Å². The fourth-order valence-electron chi connectivity index (χ4n) is 3.37. The summed E-state index contributed by atoms with van der Waals surface area (Å²) in [6.07, 6.45) is 13.6. The van der Waals surface area contributed by atoms with Gasteiger partial charge in [-0.25, -0.2) is 9.97 Å². The Balaban J connectivity index is 1.25. The molecule has 0 radical (unpaired) electrons. The van der Waals surface area contributed by atoms with Gasteiger partial charge in [0, 0.05) is 24.4 Å². The van der Waals surface area contributed by atoms with E-state index < -0.39 is 0 Å². The largest absolute Gasteiger partial charge is 0.442 e. The summed E-state index contributed by atoms with van der Waals surface area (Å²) in [7, 11) is 0. The highest BCUT2D eigenvalue weighted by molar-refractivity contribution is 5.91. The standard InChI is InChI=1S/C23H24N6O2/c24-18(4-2-1-3-5-21(30)23-27-12-13-31-23)22-28-15-20(29-22)17-8-6-16(7-9-17)19-14-25-10-11-26-19/h6-15,18H,1-5,24H2,(H,28,29)/t18-/m0/s1. The number of imidazole rings is 1. The number of hydrogen-bond acceptors (Lipinski definition) is 7. The Morgan fingerprint density at radius 2 is 1.81 bits per heavy atom. The molecular formula is C23H24N6O2. The lowest BCUT2D eigenvalue weighted by Gasteiger charge is -2.08. The molecule has 4 rings (SSSR count). The highest BCUT2D eigenvalue weighted by Crippen LogP contribution is 2.24. The van der Waals surface area contributed by atoms with Crippen LogP contribution in [0.1, 0.15) is 54.7 Å². The number of hydrogen-bond donors (Lipinski definition) is 2. The molecule has 0 saturated heterocycles. The van der Waals surface area contributed by atoms with Crippen LogP contribution in [0.25, 0.3) is 22.5 Å². The predicted octanol–water partition coefficient (Wildman–Crippen LogP) is 4.35. The fourth-order valence-corrected chi connectivity index (χ4v) is 3.37. The Morgan fingerprint density at radius 3 is 2.55 bits per heavy atom. The van der Waals surface area contributed by atoms with Crippen molar-refractivity contribution < 1.29 is 9.21 Å². The number of nitrogens with zero attached hydrogens (tertiary/aromatic N) is 4. The lowest BCUT2D eigenvalue weighted by atomic mass is 10.1. The number of aromatic amines is 1. The molecule has 0 unspecified atom stereocenters. The van der Waals surface area contributed by atoms with Crippen molar-refractivity contribution in [2.75, 3.05) is 0 Å². The van der Waals surface area contributed by atoms with Crippen LogP contribution in [-0.4, -0.2) is 30.7 Å². The van der Waals surface area contributed by atoms with Gasteiger partial charge >= 0.3 is 0 Å². The zero-order valence-electron chi connectivity index (χ0n) is 17.1. The van der Waals surface area contributed by atoms with Crippen molar-refractivity contribution in [3.63, 3.8) is 0 Å². The van der Waals surface area contributed by atoms with Crippen LogP contribution in [0.15, 0.2) is 65.9 Å². The molecule has 4 aromatic rings. The highest BCUT2D eigenvalue weighted by Gasteiger charge is 2.13. The Bertz CT molecular complexity index is 1090. The molecule has 8 nitrogen and oxygen atoms in total. The van der Waals surface area contributed by atoms with Crippen molar-refractivity contribution in [3.05, 3.63) is 73.2 Å². The molecular weight excluding hydrogens is 392 g/mol. The Labute approximate surface area is 180 Å². The van der Waals surface area contributed by atoms with E-state index in [4.69, 9.17) is 10.2 Å². The maximum Gasteiger partial charge on any atom is 0.263 e. The van der Waals surface area contributed by atoms with Crippen LogP contribution in [-0.2, 0) is 0 Å². The zero-order valence-corrected chi connectivity index (χ0v) is 17.1. The zero-order chi connectivity index (χ0) is 21.5. The van der Waals surface area contributed by atoms with Crippen LogP contribution in [0.5, 0.6) is 0 Å². The van der Waals surface area contributed by atoms with Gasteiger partial charge in [-0.3, -0.25) is 14.8 Å². The summed E-state index contributed by atoms with van der Waals surface area (Å²) in [5.74, 6) is 0.892. The normalized spacial score (nSPS) is 12.0. The van der Waals surface area contributed by atoms with Gasteiger partial charge in [0.15, 0.2) is 0 Å². The lowest BCUT2D eigenvalue weighted by Crippen LogP contribution is -2.12. The van der Waals surface area contributed by atoms with Gasteiger partial charge < -0.3 is 15.1 Å². The van der Waals surface area contributed by atoms with Crippen molar-refractivity contribution in [2.45, 2.75) is 38.1 Å². The molecule has 3 N–H and O–H groups in total. The van der Waals surface area contributed by atoms with E-state index in [1.807, 2.05) is 30.5 Å². The summed E-state index contributed by atoms with van der Waals surface area (Å²) >= 11 is 0. The van der Waals surface area contributed by atoms with Crippen LogP contribution in [0.3, 0.4) is 0 Å². The maximum atomic E-state index is 11.9. The summed E-state index contributed by atoms with van der Waals surface area (Å²) in [4.78, 5) is 31.9. The summed E-state index contributed by atoms with van der Waals surface area (Å²) in [6, 6.07) is 7.91. The topological polar surface area (TPSA) is 124 Å². The van der Waals surface area contributed by atoms with Crippen molar-refractivity contribution in [1.82, 2.24) is 24.9 Å². The van der Waals surface area contributed by atoms with E-state index in [2.05, 4.69) is 24.9 Å². The number of nitrogens with two attached hydrogens (primary N) is 1. The first-order valence-electron chi connectivity index (χ1n) is 10.3. The number of ketones is 1. The molecule has 31 heavy (non-hydrogen) atoms. The minimum absolute atomic E-state index is 0.0599. The molecule has 0 aliphatic carbocycles. The molecule has 158 valence electrons. The average Bonchev–Trinajstić information content (AvgIpc) is 3.52. The van der Waals surface area contributed by atoms with Crippen molar-refractivity contribution in [2.24, 2.45) is 5.73 Å². The molecule has 1 aromatic carbocycles. The van der Waals surface area contributed by atoms with E-state index in [1.165, 1.54) is 12.5 Å². The van der Waals surface area contributed by atoms with E-state index >= 15 is 0 Å². The van der Waals surface area contributed by atoms with Crippen LogP contribution < -0.4 is 5.73 Å². The molecule has 3 aromatic heterocycles. The van der Waals surface area contributed by atoms with E-state index in [9.17, 15) is 4.79 Å². The average molecular weight is 416 g/mol. The highest BCUT2D eigenvalue weighted by atomic mass is 16.3. The Morgan fingerprint density at radius 1 is 0.968 bits per heavy atom. The molecule has 0 aliphatic heterocycles. The van der Waals surface area contributed by atoms with Gasteiger partial charge in [-0.1, -0.05) is 37.1 Å². The van der Waals surface area contributed by atoms with Crippen molar-refractivity contribution >= 4 is 5.78 Å². The molecule has 1 atom stereocenters. The summed E-state index contributed by atoms with van der Waals surface area (Å²) < 4.78 is 5.02. The van der Waals surface area contributed by atoms with Crippen LogP contribution in [0.4, 0.5) is 0 Å². The second kappa shape index (κ2) is 9.90. The first-order valence-corrected chi connectivity index (χ1v) is 10.3. The number of oxazole rings is 1. The van der Waals surface area contributed by atoms with Gasteiger partial charge in [-0.15, -0.1) is 0 Å². The number of benzene rings is 1. The molecule has 0 aliphatic rings. The van der Waals surface area contributed by atoms with Crippen LogP contribution >= 0.6 is 0 Å². The SMILES string of the molecule is N[C@@H](CCCCCC(=O)c1ncco1)c1ncc(-c2ccc(-c3cnccn3)cc2)[nH]1. The molecule has 0 fully saturated rings. The molecule has 0 spiro atoms. The quantitative estimate of drug-likeness (QED) is 0.291. The number of Topliss-reactive ketones (excluding diaryl/α,β-unsaturated/α-hetero) is 1. The summed E-state index contributed by atoms with van der Waals surface area (Å²) in [5, 5.41) is 0. The summed E-state index contributed by atoms with van der Waals surface area (Å²) in [6.45, 7) is 0. The fraction of sp³-hybridized carbons (Fsp3) is 0.261. The smallest absolute Gasteiger partial charge is 0.263 e. The number of rotatable bonds is 10. The van der Waals surface area contributed by atoms with E-state index in [0.29, 0.717) is 6.42 Å². The number of carbonyl (C=O) groups excluding carboxylic acids is 1. The van der Waals surface area contributed by atoms with E-state index in [0.717, 1.165) is 54.0 Å². The maximum absolute atomic E-state index is 11.9. The molecule has 0 saturated carbocycles. The number of nitrogens with one attached hydrogen (secondary N) is 1. The van der Waals surface area contributed by atoms with Crippen molar-refractivity contribution in [3.8, 4) is 22.5 Å². The molecule has 8 heteroatoms. The first-order chi connectivity index (χ1) is 15.2. The number of aromatic nitrogens is 5. The Kier molecular flexibility index (Phi) is 6.59. The number of carbonyl (C=O) groups is 1. The van der Waals surface area contributed by atoms with Gasteiger partial charge in [-0.05, 0) is 18.4 Å². The van der Waals surface area contributed by atoms with Gasteiger partial charge in [0.1, 0.15) is 12.1 Å². The number of unbranched alkanes of at least 4 members (excludes halogenated alkanes) is 2. The van der Waals surface area contributed by atoms with Gasteiger partial charge in [0.25, 0.3) is 5.89 Å². The van der Waals surface area contributed by atoms with Crippen LogP contribution in [0.2, 0.25) is 0 Å². The van der Waals surface area contributed by atoms with Gasteiger partial charge in [0.2, 0.25) is 5.78 Å². The second-order valence-electron chi connectivity index (χ2n) is 7.32. The number of H-pyrrole nitrogens is 1.